The molecule has 2 unspecified atom stereocenters. The van der Waals surface area contributed by atoms with Gasteiger partial charge < -0.3 is 20.3 Å². The summed E-state index contributed by atoms with van der Waals surface area (Å²) in [6.07, 6.45) is 5.08. The Labute approximate surface area is 221 Å². The maximum Gasteiger partial charge on any atom is 0.256 e. The first-order valence-electron chi connectivity index (χ1n) is 12.9. The Balaban J connectivity index is 1.23. The summed E-state index contributed by atoms with van der Waals surface area (Å²) in [6.45, 7) is 9.15. The predicted molar refractivity (Wildman–Crippen MR) is 141 cm³/mol. The molecule has 12 heteroatoms. The summed E-state index contributed by atoms with van der Waals surface area (Å²) in [5, 5.41) is 10.4. The Morgan fingerprint density at radius 2 is 2.08 bits per heavy atom. The van der Waals surface area contributed by atoms with Crippen molar-refractivity contribution >= 4 is 17.5 Å². The molecule has 0 radical (unpaired) electrons. The van der Waals surface area contributed by atoms with Gasteiger partial charge in [0.05, 0.1) is 37.7 Å². The fourth-order valence-electron chi connectivity index (χ4n) is 4.81. The van der Waals surface area contributed by atoms with Gasteiger partial charge in [0, 0.05) is 18.8 Å². The van der Waals surface area contributed by atoms with Gasteiger partial charge in [0.15, 0.2) is 17.2 Å². The Hall–Kier alpha value is -3.61. The summed E-state index contributed by atoms with van der Waals surface area (Å²) in [4.78, 5) is 24.6. The van der Waals surface area contributed by atoms with Crippen molar-refractivity contribution in [2.24, 2.45) is 0 Å². The third-order valence-electron chi connectivity index (χ3n) is 6.83. The molecular formula is C26H34FN9O2. The van der Waals surface area contributed by atoms with Crippen molar-refractivity contribution in [2.45, 2.75) is 58.0 Å². The smallest absolute Gasteiger partial charge is 0.256 e. The van der Waals surface area contributed by atoms with Crippen LogP contribution in [0.4, 0.5) is 16.0 Å². The number of amides is 1. The molecule has 2 saturated heterocycles. The van der Waals surface area contributed by atoms with Crippen LogP contribution in [0.25, 0.3) is 5.82 Å². The number of anilines is 2. The quantitative estimate of drug-likeness (QED) is 0.334. The standard InChI is InChI=1S/C26H34FN9O2/c1-5-38-26(25(37)30-18(4)19-6-7-23(28-11-19)36-13-20(27)12-29-36)14-35(15-26)24-9-16(2)8-21(32-24)31-22-10-17(3)33-34-22/h6-9,11-13,17-18,22,33-34H,5,10,14-15H2,1-4H3,(H,30,37)(H,31,32)/t17?,18-,22?/m0/s1. The first-order chi connectivity index (χ1) is 18.2. The molecule has 3 aromatic heterocycles. The van der Waals surface area contributed by atoms with Gasteiger partial charge in [-0.25, -0.2) is 24.5 Å². The second kappa shape index (κ2) is 10.6. The minimum absolute atomic E-state index is 0.0996. The summed E-state index contributed by atoms with van der Waals surface area (Å²) in [5.41, 5.74) is 7.37. The molecule has 3 aromatic rings. The van der Waals surface area contributed by atoms with E-state index in [1.165, 1.54) is 10.9 Å². The van der Waals surface area contributed by atoms with Crippen molar-refractivity contribution in [1.29, 1.82) is 0 Å². The van der Waals surface area contributed by atoms with E-state index in [1.54, 1.807) is 12.3 Å². The molecule has 0 aromatic carbocycles. The maximum absolute atomic E-state index is 13.4. The zero-order chi connectivity index (χ0) is 26.9. The molecule has 0 bridgehead atoms. The number of halogens is 1. The van der Waals surface area contributed by atoms with Crippen LogP contribution in [0.2, 0.25) is 0 Å². The lowest BCUT2D eigenvalue weighted by atomic mass is 9.91. The van der Waals surface area contributed by atoms with Crippen molar-refractivity contribution in [3.05, 3.63) is 59.8 Å². The fraction of sp³-hybridized carbons (Fsp3) is 0.462. The van der Waals surface area contributed by atoms with E-state index < -0.39 is 11.4 Å². The van der Waals surface area contributed by atoms with E-state index in [4.69, 9.17) is 9.72 Å². The first-order valence-corrected chi connectivity index (χ1v) is 12.9. The van der Waals surface area contributed by atoms with Crippen LogP contribution in [-0.4, -0.2) is 63.2 Å². The largest absolute Gasteiger partial charge is 0.362 e. The topological polar surface area (TPSA) is 121 Å². The third kappa shape index (κ3) is 5.47. The molecule has 38 heavy (non-hydrogen) atoms. The van der Waals surface area contributed by atoms with Gasteiger partial charge in [0.1, 0.15) is 11.6 Å². The highest BCUT2D eigenvalue weighted by Gasteiger charge is 2.51. The highest BCUT2D eigenvalue weighted by atomic mass is 19.1. The summed E-state index contributed by atoms with van der Waals surface area (Å²) in [7, 11) is 0. The van der Waals surface area contributed by atoms with E-state index in [0.717, 1.165) is 35.4 Å². The van der Waals surface area contributed by atoms with Crippen LogP contribution in [0.1, 0.15) is 44.4 Å². The number of hydrogen-bond acceptors (Lipinski definition) is 9. The van der Waals surface area contributed by atoms with Crippen molar-refractivity contribution in [2.75, 3.05) is 29.9 Å². The SMILES string of the molecule is CCOC1(C(=O)N[C@@H](C)c2ccc(-n3cc(F)cn3)nc2)CN(c2cc(C)cc(NC3CC(C)NN3)n2)C1. The van der Waals surface area contributed by atoms with Gasteiger partial charge in [-0.3, -0.25) is 10.2 Å². The summed E-state index contributed by atoms with van der Waals surface area (Å²) < 4.78 is 20.6. The van der Waals surface area contributed by atoms with Crippen molar-refractivity contribution in [3.63, 3.8) is 0 Å². The number of hydrogen-bond donors (Lipinski definition) is 4. The molecule has 3 atom stereocenters. The summed E-state index contributed by atoms with van der Waals surface area (Å²) in [5.74, 6) is 1.47. The molecule has 0 saturated carbocycles. The van der Waals surface area contributed by atoms with Crippen LogP contribution >= 0.6 is 0 Å². The number of ether oxygens (including phenoxy) is 1. The fourth-order valence-corrected chi connectivity index (χ4v) is 4.81. The average Bonchev–Trinajstić information content (AvgIpc) is 3.48. The Bertz CT molecular complexity index is 1280. The van der Waals surface area contributed by atoms with Gasteiger partial charge in [-0.1, -0.05) is 6.07 Å². The van der Waals surface area contributed by atoms with Crippen LogP contribution in [0.3, 0.4) is 0 Å². The van der Waals surface area contributed by atoms with Gasteiger partial charge in [0.25, 0.3) is 5.91 Å². The van der Waals surface area contributed by atoms with E-state index in [-0.39, 0.29) is 18.1 Å². The van der Waals surface area contributed by atoms with Crippen molar-refractivity contribution in [1.82, 2.24) is 35.9 Å². The van der Waals surface area contributed by atoms with Gasteiger partial charge in [-0.05, 0) is 63.4 Å². The van der Waals surface area contributed by atoms with Crippen LogP contribution < -0.4 is 26.4 Å². The molecule has 0 aliphatic carbocycles. The van der Waals surface area contributed by atoms with Crippen LogP contribution in [0.15, 0.2) is 42.9 Å². The van der Waals surface area contributed by atoms with Crippen molar-refractivity contribution < 1.29 is 13.9 Å². The molecular weight excluding hydrogens is 489 g/mol. The number of rotatable bonds is 9. The molecule has 0 spiro atoms. The van der Waals surface area contributed by atoms with E-state index in [1.807, 2.05) is 39.0 Å². The number of nitrogens with zero attached hydrogens (tertiary/aromatic N) is 5. The second-order valence-electron chi connectivity index (χ2n) is 10.0. The monoisotopic (exact) mass is 523 g/mol. The van der Waals surface area contributed by atoms with Gasteiger partial charge in [-0.15, -0.1) is 0 Å². The molecule has 1 amide bonds. The minimum Gasteiger partial charge on any atom is -0.362 e. The van der Waals surface area contributed by atoms with E-state index in [2.05, 4.69) is 43.4 Å². The summed E-state index contributed by atoms with van der Waals surface area (Å²) >= 11 is 0. The lowest BCUT2D eigenvalue weighted by Gasteiger charge is -2.49. The minimum atomic E-state index is -0.964. The van der Waals surface area contributed by atoms with E-state index in [0.29, 0.717) is 31.6 Å². The number of nitrogens with one attached hydrogen (secondary N) is 4. The zero-order valence-electron chi connectivity index (χ0n) is 22.0. The molecule has 2 aliphatic heterocycles. The highest BCUT2D eigenvalue weighted by Crippen LogP contribution is 2.32. The van der Waals surface area contributed by atoms with Crippen molar-refractivity contribution in [3.8, 4) is 5.82 Å². The lowest BCUT2D eigenvalue weighted by Crippen LogP contribution is -2.70. The number of carbonyl (C=O) groups excluding carboxylic acids is 1. The highest BCUT2D eigenvalue weighted by molar-refractivity contribution is 5.89. The molecule has 5 rings (SSSR count). The van der Waals surface area contributed by atoms with Gasteiger partial charge in [0.2, 0.25) is 0 Å². The first kappa shape index (κ1) is 26.0. The number of aromatic nitrogens is 4. The molecule has 11 nitrogen and oxygen atoms in total. The molecule has 2 aliphatic rings. The average molecular weight is 524 g/mol. The number of pyridine rings is 2. The molecule has 4 N–H and O–H groups in total. The molecule has 5 heterocycles. The Morgan fingerprint density at radius 3 is 2.71 bits per heavy atom. The summed E-state index contributed by atoms with van der Waals surface area (Å²) in [6, 6.07) is 7.69. The maximum atomic E-state index is 13.4. The number of carbonyl (C=O) groups is 1. The molecule has 202 valence electrons. The van der Waals surface area contributed by atoms with E-state index in [9.17, 15) is 9.18 Å². The van der Waals surface area contributed by atoms with Crippen LogP contribution in [-0.2, 0) is 9.53 Å². The zero-order valence-corrected chi connectivity index (χ0v) is 22.0. The van der Waals surface area contributed by atoms with Crippen LogP contribution in [0.5, 0.6) is 0 Å². The van der Waals surface area contributed by atoms with Gasteiger partial charge in [-0.2, -0.15) is 5.10 Å². The lowest BCUT2D eigenvalue weighted by molar-refractivity contribution is -0.151. The van der Waals surface area contributed by atoms with Crippen LogP contribution in [0, 0.1) is 12.7 Å². The Morgan fingerprint density at radius 1 is 1.26 bits per heavy atom. The van der Waals surface area contributed by atoms with E-state index >= 15 is 0 Å². The Kier molecular flexibility index (Phi) is 7.28. The normalized spacial score (nSPS) is 21.1. The molecule has 2 fully saturated rings. The van der Waals surface area contributed by atoms with Gasteiger partial charge >= 0.3 is 0 Å². The third-order valence-corrected chi connectivity index (χ3v) is 6.83. The second-order valence-corrected chi connectivity index (χ2v) is 10.0. The number of aryl methyl sites for hydroxylation is 1. The number of hydrazine groups is 1. The predicted octanol–water partition coefficient (Wildman–Crippen LogP) is 2.21.